The molecule has 6 nitrogen and oxygen atoms in total. The fourth-order valence-electron chi connectivity index (χ4n) is 1.77. The molecular formula is C14H15BrN4O2. The third-order valence-electron chi connectivity index (χ3n) is 3.08. The van der Waals surface area contributed by atoms with Gasteiger partial charge in [0.15, 0.2) is 5.84 Å². The number of benzene rings is 1. The van der Waals surface area contributed by atoms with Crippen LogP contribution in [0.1, 0.15) is 22.4 Å². The molecular weight excluding hydrogens is 336 g/mol. The summed E-state index contributed by atoms with van der Waals surface area (Å²) in [6.07, 6.45) is 0. The molecule has 110 valence electrons. The maximum absolute atomic E-state index is 8.90. The van der Waals surface area contributed by atoms with Crippen LogP contribution in [0.2, 0.25) is 0 Å². The number of nitrogens with two attached hydrogens (primary N) is 1. The van der Waals surface area contributed by atoms with Crippen molar-refractivity contribution >= 4 is 21.8 Å². The van der Waals surface area contributed by atoms with E-state index in [0.29, 0.717) is 17.9 Å². The molecule has 3 N–H and O–H groups in total. The lowest BCUT2D eigenvalue weighted by molar-refractivity contribution is 0.287. The summed E-state index contributed by atoms with van der Waals surface area (Å²) >= 11 is 3.38. The van der Waals surface area contributed by atoms with Crippen molar-refractivity contribution in [3.8, 4) is 5.88 Å². The summed E-state index contributed by atoms with van der Waals surface area (Å²) in [6.45, 7) is 3.94. The summed E-state index contributed by atoms with van der Waals surface area (Å²) in [5.74, 6) is 0.202. The largest absolute Gasteiger partial charge is 0.471 e. The first-order valence-corrected chi connectivity index (χ1v) is 7.01. The molecule has 0 aliphatic rings. The Hall–Kier alpha value is -2.15. The van der Waals surface area contributed by atoms with Crippen molar-refractivity contribution in [2.45, 2.75) is 20.5 Å². The smallest absolute Gasteiger partial charge is 0.245 e. The van der Waals surface area contributed by atoms with E-state index < -0.39 is 0 Å². The summed E-state index contributed by atoms with van der Waals surface area (Å²) in [4.78, 5) is 0. The van der Waals surface area contributed by atoms with E-state index in [0.717, 1.165) is 15.6 Å². The lowest BCUT2D eigenvalue weighted by Crippen LogP contribution is -2.19. The van der Waals surface area contributed by atoms with E-state index >= 15 is 0 Å². The average molecular weight is 351 g/mol. The van der Waals surface area contributed by atoms with Crippen LogP contribution < -0.4 is 10.5 Å². The zero-order valence-electron chi connectivity index (χ0n) is 11.7. The zero-order chi connectivity index (χ0) is 15.4. The van der Waals surface area contributed by atoms with Crippen LogP contribution >= 0.6 is 15.9 Å². The lowest BCUT2D eigenvalue weighted by atomic mass is 10.1. The minimum atomic E-state index is -0.0451. The molecule has 2 aromatic rings. The maximum Gasteiger partial charge on any atom is 0.245 e. The second-order valence-corrected chi connectivity index (χ2v) is 5.41. The van der Waals surface area contributed by atoms with Crippen LogP contribution in [-0.2, 0) is 6.61 Å². The summed E-state index contributed by atoms with van der Waals surface area (Å²) in [7, 11) is 0. The quantitative estimate of drug-likeness (QED) is 0.382. The Labute approximate surface area is 130 Å². The lowest BCUT2D eigenvalue weighted by Gasteiger charge is -2.12. The Morgan fingerprint density at radius 2 is 1.95 bits per heavy atom. The van der Waals surface area contributed by atoms with Crippen LogP contribution in [0.3, 0.4) is 0 Å². The molecule has 7 heteroatoms. The number of aryl methyl sites for hydroxylation is 1. The second-order valence-electron chi connectivity index (χ2n) is 4.49. The molecule has 0 saturated carbocycles. The highest BCUT2D eigenvalue weighted by Crippen LogP contribution is 2.21. The van der Waals surface area contributed by atoms with Gasteiger partial charge in [-0.3, -0.25) is 0 Å². The van der Waals surface area contributed by atoms with Gasteiger partial charge in [0.2, 0.25) is 5.88 Å². The van der Waals surface area contributed by atoms with Crippen molar-refractivity contribution in [2.24, 2.45) is 10.9 Å². The number of ether oxygens (including phenoxy) is 1. The number of amidine groups is 1. The van der Waals surface area contributed by atoms with Crippen molar-refractivity contribution in [1.82, 2.24) is 10.2 Å². The van der Waals surface area contributed by atoms with Gasteiger partial charge < -0.3 is 15.7 Å². The molecule has 0 saturated heterocycles. The van der Waals surface area contributed by atoms with Crippen LogP contribution in [0.15, 0.2) is 33.9 Å². The zero-order valence-corrected chi connectivity index (χ0v) is 13.3. The highest BCUT2D eigenvalue weighted by Gasteiger charge is 2.16. The molecule has 0 aliphatic carbocycles. The monoisotopic (exact) mass is 350 g/mol. The van der Waals surface area contributed by atoms with Gasteiger partial charge in [-0.05, 0) is 37.1 Å². The SMILES string of the molecule is Cc1nnc(OCc2ccc(Br)cc2)c(/C(N)=N/O)c1C. The van der Waals surface area contributed by atoms with Crippen LogP contribution in [0.5, 0.6) is 5.88 Å². The molecule has 1 heterocycles. The molecule has 0 amide bonds. The van der Waals surface area contributed by atoms with Crippen LogP contribution in [0.25, 0.3) is 0 Å². The highest BCUT2D eigenvalue weighted by atomic mass is 79.9. The third kappa shape index (κ3) is 3.49. The highest BCUT2D eigenvalue weighted by molar-refractivity contribution is 9.10. The van der Waals surface area contributed by atoms with Gasteiger partial charge in [0.25, 0.3) is 0 Å². The predicted octanol–water partition coefficient (Wildman–Crippen LogP) is 2.53. The van der Waals surface area contributed by atoms with Crippen LogP contribution in [-0.4, -0.2) is 21.2 Å². The van der Waals surface area contributed by atoms with Gasteiger partial charge >= 0.3 is 0 Å². The van der Waals surface area contributed by atoms with Crippen molar-refractivity contribution in [3.05, 3.63) is 51.1 Å². The first-order valence-electron chi connectivity index (χ1n) is 6.22. The van der Waals surface area contributed by atoms with E-state index in [1.165, 1.54) is 0 Å². The molecule has 0 bridgehead atoms. The fourth-order valence-corrected chi connectivity index (χ4v) is 2.04. The Morgan fingerprint density at radius 1 is 1.29 bits per heavy atom. The summed E-state index contributed by atoms with van der Waals surface area (Å²) in [5.41, 5.74) is 8.61. The summed E-state index contributed by atoms with van der Waals surface area (Å²) in [5, 5.41) is 19.9. The van der Waals surface area contributed by atoms with Gasteiger partial charge in [-0.2, -0.15) is 5.10 Å². The minimum absolute atomic E-state index is 0.0451. The van der Waals surface area contributed by atoms with Gasteiger partial charge in [-0.25, -0.2) is 0 Å². The minimum Gasteiger partial charge on any atom is -0.471 e. The van der Waals surface area contributed by atoms with E-state index in [9.17, 15) is 0 Å². The maximum atomic E-state index is 8.90. The van der Waals surface area contributed by atoms with Crippen molar-refractivity contribution < 1.29 is 9.94 Å². The first-order chi connectivity index (χ1) is 10.0. The molecule has 0 aliphatic heterocycles. The Morgan fingerprint density at radius 3 is 2.57 bits per heavy atom. The molecule has 2 rings (SSSR count). The Kier molecular flexibility index (Phi) is 4.74. The molecule has 0 fully saturated rings. The van der Waals surface area contributed by atoms with Gasteiger partial charge in [0, 0.05) is 4.47 Å². The van der Waals surface area contributed by atoms with Gasteiger partial charge in [-0.1, -0.05) is 33.2 Å². The first kappa shape index (κ1) is 15.2. The van der Waals surface area contributed by atoms with Crippen molar-refractivity contribution in [1.29, 1.82) is 0 Å². The number of nitrogens with zero attached hydrogens (tertiary/aromatic N) is 3. The topological polar surface area (TPSA) is 93.6 Å². The number of hydrogen-bond donors (Lipinski definition) is 2. The van der Waals surface area contributed by atoms with Crippen LogP contribution in [0.4, 0.5) is 0 Å². The third-order valence-corrected chi connectivity index (χ3v) is 3.60. The molecule has 1 aromatic heterocycles. The second kappa shape index (κ2) is 6.53. The normalized spacial score (nSPS) is 11.5. The number of rotatable bonds is 4. The number of aromatic nitrogens is 2. The summed E-state index contributed by atoms with van der Waals surface area (Å²) < 4.78 is 6.66. The number of oxime groups is 1. The molecule has 0 atom stereocenters. The average Bonchev–Trinajstić information content (AvgIpc) is 2.49. The number of hydrogen-bond acceptors (Lipinski definition) is 5. The Balaban J connectivity index is 2.27. The van der Waals surface area contributed by atoms with E-state index in [1.807, 2.05) is 31.2 Å². The van der Waals surface area contributed by atoms with E-state index in [-0.39, 0.29) is 11.7 Å². The van der Waals surface area contributed by atoms with Crippen LogP contribution in [0, 0.1) is 13.8 Å². The standard InChI is InChI=1S/C14H15BrN4O2/c1-8-9(2)17-18-14(12(8)13(16)19-20)21-7-10-3-5-11(15)6-4-10/h3-6,20H,7H2,1-2H3,(H2,16,19). The van der Waals surface area contributed by atoms with Gasteiger partial charge in [-0.15, -0.1) is 5.10 Å². The molecule has 1 aromatic carbocycles. The van der Waals surface area contributed by atoms with Gasteiger partial charge in [0.05, 0.1) is 11.3 Å². The van der Waals surface area contributed by atoms with E-state index in [2.05, 4.69) is 31.3 Å². The fraction of sp³-hybridized carbons (Fsp3) is 0.214. The predicted molar refractivity (Wildman–Crippen MR) is 82.5 cm³/mol. The van der Waals surface area contributed by atoms with Crippen molar-refractivity contribution in [3.63, 3.8) is 0 Å². The van der Waals surface area contributed by atoms with E-state index in [4.69, 9.17) is 15.7 Å². The summed E-state index contributed by atoms with van der Waals surface area (Å²) in [6, 6.07) is 7.72. The van der Waals surface area contributed by atoms with Crippen molar-refractivity contribution in [2.75, 3.05) is 0 Å². The molecule has 0 spiro atoms. The molecule has 0 unspecified atom stereocenters. The molecule has 21 heavy (non-hydrogen) atoms. The Bertz CT molecular complexity index is 671. The van der Waals surface area contributed by atoms with Gasteiger partial charge in [0.1, 0.15) is 6.61 Å². The number of halogens is 1. The van der Waals surface area contributed by atoms with E-state index in [1.54, 1.807) is 6.92 Å². The molecule has 0 radical (unpaired) electrons.